The molecule has 3 heteroatoms. The Morgan fingerprint density at radius 3 is 2.55 bits per heavy atom. The Bertz CT molecular complexity index is 564. The second-order valence-corrected chi connectivity index (χ2v) is 5.13. The van der Waals surface area contributed by atoms with Crippen LogP contribution in [0.3, 0.4) is 0 Å². The number of hydrogen-bond donors (Lipinski definition) is 1. The summed E-state index contributed by atoms with van der Waals surface area (Å²) >= 11 is 0. The molecule has 2 N–H and O–H groups in total. The highest BCUT2D eigenvalue weighted by atomic mass is 15.1. The molecule has 1 aromatic heterocycles. The van der Waals surface area contributed by atoms with Gasteiger partial charge in [-0.05, 0) is 44.5 Å². The van der Waals surface area contributed by atoms with Gasteiger partial charge in [-0.2, -0.15) is 0 Å². The van der Waals surface area contributed by atoms with Crippen LogP contribution in [0.2, 0.25) is 0 Å². The van der Waals surface area contributed by atoms with Gasteiger partial charge in [0.15, 0.2) is 0 Å². The summed E-state index contributed by atoms with van der Waals surface area (Å²) in [5, 5.41) is 0. The van der Waals surface area contributed by atoms with E-state index in [1.54, 1.807) is 0 Å². The van der Waals surface area contributed by atoms with Crippen LogP contribution in [-0.4, -0.2) is 11.5 Å². The molecular formula is C17H23N3. The predicted molar refractivity (Wildman–Crippen MR) is 84.7 cm³/mol. The van der Waals surface area contributed by atoms with Crippen molar-refractivity contribution in [3.8, 4) is 0 Å². The maximum absolute atomic E-state index is 6.08. The normalized spacial score (nSPS) is 12.2. The minimum absolute atomic E-state index is 0.0331. The average Bonchev–Trinajstić information content (AvgIpc) is 2.45. The van der Waals surface area contributed by atoms with Gasteiger partial charge in [-0.25, -0.2) is 0 Å². The van der Waals surface area contributed by atoms with Crippen molar-refractivity contribution >= 4 is 5.69 Å². The summed E-state index contributed by atoms with van der Waals surface area (Å²) in [7, 11) is 0. The molecule has 1 aromatic carbocycles. The number of nitrogens with zero attached hydrogens (tertiary/aromatic N) is 2. The number of hydrogen-bond acceptors (Lipinski definition) is 3. The number of aromatic nitrogens is 1. The van der Waals surface area contributed by atoms with E-state index in [9.17, 15) is 0 Å². The largest absolute Gasteiger partial charge is 0.366 e. The van der Waals surface area contributed by atoms with E-state index in [-0.39, 0.29) is 6.04 Å². The van der Waals surface area contributed by atoms with E-state index in [4.69, 9.17) is 5.73 Å². The zero-order chi connectivity index (χ0) is 14.5. The quantitative estimate of drug-likeness (QED) is 0.904. The minimum Gasteiger partial charge on any atom is -0.366 e. The Morgan fingerprint density at radius 2 is 1.90 bits per heavy atom. The molecule has 0 aliphatic rings. The summed E-state index contributed by atoms with van der Waals surface area (Å²) in [5.74, 6) is 0. The van der Waals surface area contributed by atoms with Gasteiger partial charge >= 0.3 is 0 Å². The standard InChI is InChI=1S/C17H23N3/c1-4-20(12-15-9-7-8-13(2)19-15)17-11-6-5-10-16(17)14(3)18/h5-11,14H,4,12,18H2,1-3H3/t14-/m1/s1. The smallest absolute Gasteiger partial charge is 0.0602 e. The molecule has 1 heterocycles. The van der Waals surface area contributed by atoms with Gasteiger partial charge in [0.2, 0.25) is 0 Å². The molecule has 0 amide bonds. The van der Waals surface area contributed by atoms with E-state index in [0.717, 1.165) is 24.5 Å². The van der Waals surface area contributed by atoms with Crippen molar-refractivity contribution in [2.45, 2.75) is 33.4 Å². The van der Waals surface area contributed by atoms with Crippen LogP contribution < -0.4 is 10.6 Å². The second-order valence-electron chi connectivity index (χ2n) is 5.13. The second kappa shape index (κ2) is 6.53. The highest BCUT2D eigenvalue weighted by Crippen LogP contribution is 2.26. The van der Waals surface area contributed by atoms with Gasteiger partial charge in [0.05, 0.1) is 12.2 Å². The zero-order valence-corrected chi connectivity index (χ0v) is 12.5. The van der Waals surface area contributed by atoms with Crippen LogP contribution >= 0.6 is 0 Å². The van der Waals surface area contributed by atoms with Crippen molar-refractivity contribution in [2.24, 2.45) is 5.73 Å². The van der Waals surface area contributed by atoms with Crippen molar-refractivity contribution in [1.29, 1.82) is 0 Å². The first-order valence-electron chi connectivity index (χ1n) is 7.13. The lowest BCUT2D eigenvalue weighted by atomic mass is 10.1. The summed E-state index contributed by atoms with van der Waals surface area (Å²) in [5.41, 5.74) is 10.6. The number of aryl methyl sites for hydroxylation is 1. The summed E-state index contributed by atoms with van der Waals surface area (Å²) in [6.45, 7) is 7.95. The van der Waals surface area contributed by atoms with Gasteiger partial charge < -0.3 is 10.6 Å². The highest BCUT2D eigenvalue weighted by Gasteiger charge is 2.12. The third-order valence-electron chi connectivity index (χ3n) is 3.45. The van der Waals surface area contributed by atoms with E-state index in [1.165, 1.54) is 11.3 Å². The fourth-order valence-corrected chi connectivity index (χ4v) is 2.41. The number of para-hydroxylation sites is 1. The van der Waals surface area contributed by atoms with Crippen LogP contribution in [0.15, 0.2) is 42.5 Å². The van der Waals surface area contributed by atoms with Crippen molar-refractivity contribution in [2.75, 3.05) is 11.4 Å². The molecule has 0 unspecified atom stereocenters. The Kier molecular flexibility index (Phi) is 4.74. The topological polar surface area (TPSA) is 42.2 Å². The van der Waals surface area contributed by atoms with Crippen LogP contribution in [0.4, 0.5) is 5.69 Å². The summed E-state index contributed by atoms with van der Waals surface area (Å²) in [6.07, 6.45) is 0. The van der Waals surface area contributed by atoms with Crippen LogP contribution in [0.5, 0.6) is 0 Å². The van der Waals surface area contributed by atoms with Crippen molar-refractivity contribution in [3.05, 3.63) is 59.4 Å². The molecule has 20 heavy (non-hydrogen) atoms. The van der Waals surface area contributed by atoms with E-state index in [2.05, 4.69) is 47.1 Å². The first-order chi connectivity index (χ1) is 9.61. The molecule has 106 valence electrons. The third-order valence-corrected chi connectivity index (χ3v) is 3.45. The molecule has 3 nitrogen and oxygen atoms in total. The van der Waals surface area contributed by atoms with Crippen LogP contribution in [0.25, 0.3) is 0 Å². The van der Waals surface area contributed by atoms with E-state index in [0.29, 0.717) is 0 Å². The Labute approximate surface area is 121 Å². The Morgan fingerprint density at radius 1 is 1.15 bits per heavy atom. The van der Waals surface area contributed by atoms with Gasteiger partial charge in [-0.1, -0.05) is 24.3 Å². The SMILES string of the molecule is CCN(Cc1cccc(C)n1)c1ccccc1[C@@H](C)N. The van der Waals surface area contributed by atoms with Gasteiger partial charge in [0.25, 0.3) is 0 Å². The Balaban J connectivity index is 2.29. The van der Waals surface area contributed by atoms with Crippen molar-refractivity contribution < 1.29 is 0 Å². The lowest BCUT2D eigenvalue weighted by Gasteiger charge is -2.26. The van der Waals surface area contributed by atoms with E-state index < -0.39 is 0 Å². The van der Waals surface area contributed by atoms with Crippen LogP contribution in [-0.2, 0) is 6.54 Å². The lowest BCUT2D eigenvalue weighted by molar-refractivity contribution is 0.767. The molecule has 0 radical (unpaired) electrons. The first-order valence-corrected chi connectivity index (χ1v) is 7.13. The lowest BCUT2D eigenvalue weighted by Crippen LogP contribution is -2.25. The van der Waals surface area contributed by atoms with Crippen LogP contribution in [0.1, 0.15) is 36.8 Å². The molecular weight excluding hydrogens is 246 g/mol. The van der Waals surface area contributed by atoms with Crippen LogP contribution in [0, 0.1) is 6.92 Å². The molecule has 0 aliphatic heterocycles. The number of nitrogens with two attached hydrogens (primary N) is 1. The summed E-state index contributed by atoms with van der Waals surface area (Å²) in [6, 6.07) is 14.5. The number of anilines is 1. The molecule has 0 fully saturated rings. The van der Waals surface area contributed by atoms with E-state index in [1.807, 2.05) is 26.0 Å². The summed E-state index contributed by atoms with van der Waals surface area (Å²) < 4.78 is 0. The summed E-state index contributed by atoms with van der Waals surface area (Å²) in [4.78, 5) is 6.91. The Hall–Kier alpha value is -1.87. The number of pyridine rings is 1. The van der Waals surface area contributed by atoms with Gasteiger partial charge in [0.1, 0.15) is 0 Å². The van der Waals surface area contributed by atoms with Gasteiger partial charge in [0, 0.05) is 24.0 Å². The molecule has 0 aliphatic carbocycles. The molecule has 0 saturated heterocycles. The van der Waals surface area contributed by atoms with Gasteiger partial charge in [-0.3, -0.25) is 4.98 Å². The monoisotopic (exact) mass is 269 g/mol. The highest BCUT2D eigenvalue weighted by molar-refractivity contribution is 5.55. The molecule has 0 saturated carbocycles. The molecule has 1 atom stereocenters. The fraction of sp³-hybridized carbons (Fsp3) is 0.353. The molecule has 0 spiro atoms. The van der Waals surface area contributed by atoms with Crippen molar-refractivity contribution in [3.63, 3.8) is 0 Å². The maximum atomic E-state index is 6.08. The first kappa shape index (κ1) is 14.5. The maximum Gasteiger partial charge on any atom is 0.0602 e. The van der Waals surface area contributed by atoms with E-state index >= 15 is 0 Å². The molecule has 2 rings (SSSR count). The molecule has 0 bridgehead atoms. The minimum atomic E-state index is 0.0331. The zero-order valence-electron chi connectivity index (χ0n) is 12.5. The number of benzene rings is 1. The fourth-order valence-electron chi connectivity index (χ4n) is 2.41. The van der Waals surface area contributed by atoms with Gasteiger partial charge in [-0.15, -0.1) is 0 Å². The average molecular weight is 269 g/mol. The number of rotatable bonds is 5. The van der Waals surface area contributed by atoms with Crippen molar-refractivity contribution in [1.82, 2.24) is 4.98 Å². The molecule has 2 aromatic rings. The third kappa shape index (κ3) is 3.36. The predicted octanol–water partition coefficient (Wildman–Crippen LogP) is 3.44.